The summed E-state index contributed by atoms with van der Waals surface area (Å²) in [5.74, 6) is 0.918. The van der Waals surface area contributed by atoms with Gasteiger partial charge in [0.2, 0.25) is 5.91 Å². The molecule has 0 saturated carbocycles. The summed E-state index contributed by atoms with van der Waals surface area (Å²) in [6, 6.07) is 14.2. The van der Waals surface area contributed by atoms with Crippen LogP contribution in [0.4, 0.5) is 0 Å². The van der Waals surface area contributed by atoms with Gasteiger partial charge < -0.3 is 10.1 Å². The lowest BCUT2D eigenvalue weighted by Crippen LogP contribution is -2.31. The van der Waals surface area contributed by atoms with Crippen LogP contribution < -0.4 is 10.1 Å². The molecule has 30 heavy (non-hydrogen) atoms. The number of aromatic nitrogens is 2. The fourth-order valence-corrected chi connectivity index (χ4v) is 4.20. The number of fused-ring (bicyclic) bond motifs is 1. The zero-order valence-corrected chi connectivity index (χ0v) is 17.9. The summed E-state index contributed by atoms with van der Waals surface area (Å²) in [4.78, 5) is 12.6. The van der Waals surface area contributed by atoms with Gasteiger partial charge in [-0.25, -0.2) is 4.68 Å². The van der Waals surface area contributed by atoms with Gasteiger partial charge in [0.05, 0.1) is 25.0 Å². The minimum atomic E-state index is 0.0379. The number of methoxy groups -OCH3 is 1. The van der Waals surface area contributed by atoms with E-state index in [1.54, 1.807) is 7.11 Å². The molecule has 0 unspecified atom stereocenters. The van der Waals surface area contributed by atoms with Gasteiger partial charge >= 0.3 is 0 Å². The Bertz CT molecular complexity index is 1040. The van der Waals surface area contributed by atoms with Gasteiger partial charge in [-0.2, -0.15) is 5.10 Å². The van der Waals surface area contributed by atoms with Gasteiger partial charge in [-0.15, -0.1) is 0 Å². The fraction of sp³-hybridized carbons (Fsp3) is 0.360. The summed E-state index contributed by atoms with van der Waals surface area (Å²) in [5, 5.41) is 7.93. The maximum Gasteiger partial charge on any atom is 0.220 e. The van der Waals surface area contributed by atoms with Crippen LogP contribution in [0.3, 0.4) is 0 Å². The minimum Gasteiger partial charge on any atom is -0.497 e. The lowest BCUT2D eigenvalue weighted by Gasteiger charge is -2.24. The highest BCUT2D eigenvalue weighted by molar-refractivity contribution is 5.76. The van der Waals surface area contributed by atoms with Crippen molar-refractivity contribution in [2.45, 2.75) is 52.0 Å². The van der Waals surface area contributed by atoms with Crippen molar-refractivity contribution in [1.82, 2.24) is 15.1 Å². The van der Waals surface area contributed by atoms with E-state index in [9.17, 15) is 4.79 Å². The molecule has 1 atom stereocenters. The van der Waals surface area contributed by atoms with Crippen LogP contribution in [0.25, 0.3) is 5.69 Å². The Morgan fingerprint density at radius 1 is 1.20 bits per heavy atom. The average Bonchev–Trinajstić information content (AvgIpc) is 3.19. The molecule has 1 N–H and O–H groups in total. The van der Waals surface area contributed by atoms with Gasteiger partial charge in [0.25, 0.3) is 0 Å². The number of nitrogens with one attached hydrogen (secondary N) is 1. The maximum absolute atomic E-state index is 12.6. The Labute approximate surface area is 178 Å². The molecule has 1 heterocycles. The molecule has 1 aliphatic carbocycles. The van der Waals surface area contributed by atoms with Crippen LogP contribution >= 0.6 is 0 Å². The third-order valence-electron chi connectivity index (χ3n) is 6.12. The molecule has 0 aliphatic heterocycles. The van der Waals surface area contributed by atoms with Crippen LogP contribution in [0.2, 0.25) is 0 Å². The molecule has 5 nitrogen and oxygen atoms in total. The predicted molar refractivity (Wildman–Crippen MR) is 118 cm³/mol. The lowest BCUT2D eigenvalue weighted by molar-refractivity contribution is -0.121. The predicted octanol–water partition coefficient (Wildman–Crippen LogP) is 4.62. The van der Waals surface area contributed by atoms with E-state index in [1.807, 2.05) is 30.5 Å². The maximum atomic E-state index is 12.6. The van der Waals surface area contributed by atoms with E-state index in [0.29, 0.717) is 6.42 Å². The Morgan fingerprint density at radius 2 is 2.00 bits per heavy atom. The van der Waals surface area contributed by atoms with Crippen LogP contribution in [-0.4, -0.2) is 22.8 Å². The van der Waals surface area contributed by atoms with Crippen molar-refractivity contribution in [3.8, 4) is 11.4 Å². The summed E-state index contributed by atoms with van der Waals surface area (Å²) >= 11 is 0. The van der Waals surface area contributed by atoms with Gasteiger partial charge in [0.1, 0.15) is 5.75 Å². The number of ether oxygens (including phenoxy) is 1. The van der Waals surface area contributed by atoms with E-state index < -0.39 is 0 Å². The molecule has 3 aromatic rings. The smallest absolute Gasteiger partial charge is 0.220 e. The van der Waals surface area contributed by atoms with Gasteiger partial charge in [-0.1, -0.05) is 24.3 Å². The standard InChI is InChI=1S/C25H29N3O2/c1-17-6-4-8-23(18(17)2)28-24-9-5-7-22(21(24)16-26-28)27-25(29)15-12-19-10-13-20(30-3)14-11-19/h4,6,8,10-11,13-14,16,22H,5,7,9,12,15H2,1-3H3,(H,27,29)/t22-/m1/s1. The molecule has 0 saturated heterocycles. The van der Waals surface area contributed by atoms with E-state index in [1.165, 1.54) is 16.8 Å². The van der Waals surface area contributed by atoms with Crippen LogP contribution in [0.15, 0.2) is 48.7 Å². The monoisotopic (exact) mass is 403 g/mol. The third-order valence-corrected chi connectivity index (χ3v) is 6.12. The second-order valence-electron chi connectivity index (χ2n) is 8.04. The number of amides is 1. The summed E-state index contributed by atoms with van der Waals surface area (Å²) in [6.07, 6.45) is 6.12. The van der Waals surface area contributed by atoms with Crippen molar-refractivity contribution in [3.63, 3.8) is 0 Å². The Balaban J connectivity index is 1.45. The van der Waals surface area contributed by atoms with Crippen molar-refractivity contribution in [3.05, 3.63) is 76.6 Å². The first-order valence-corrected chi connectivity index (χ1v) is 10.6. The van der Waals surface area contributed by atoms with Crippen molar-refractivity contribution in [2.75, 3.05) is 7.11 Å². The Hall–Kier alpha value is -3.08. The molecule has 0 radical (unpaired) electrons. The minimum absolute atomic E-state index is 0.0379. The first-order valence-electron chi connectivity index (χ1n) is 10.6. The number of carbonyl (C=O) groups is 1. The van der Waals surface area contributed by atoms with Gasteiger partial charge in [0.15, 0.2) is 0 Å². The molecule has 1 aliphatic rings. The highest BCUT2D eigenvalue weighted by Gasteiger charge is 2.26. The first kappa shape index (κ1) is 20.2. The van der Waals surface area contributed by atoms with Crippen molar-refractivity contribution in [1.29, 1.82) is 0 Å². The molecule has 2 aromatic carbocycles. The molecule has 1 amide bonds. The van der Waals surface area contributed by atoms with Crippen molar-refractivity contribution < 1.29 is 9.53 Å². The quantitative estimate of drug-likeness (QED) is 0.653. The number of hydrogen-bond donors (Lipinski definition) is 1. The number of carbonyl (C=O) groups excluding carboxylic acids is 1. The molecule has 156 valence electrons. The summed E-state index contributed by atoms with van der Waals surface area (Å²) < 4.78 is 7.25. The molecular formula is C25H29N3O2. The van der Waals surface area contributed by atoms with E-state index in [4.69, 9.17) is 9.84 Å². The lowest BCUT2D eigenvalue weighted by atomic mass is 9.92. The highest BCUT2D eigenvalue weighted by Crippen LogP contribution is 2.32. The topological polar surface area (TPSA) is 56.1 Å². The second kappa shape index (κ2) is 8.74. The van der Waals surface area contributed by atoms with Gasteiger partial charge in [-0.3, -0.25) is 4.79 Å². The summed E-state index contributed by atoms with van der Waals surface area (Å²) in [7, 11) is 1.66. The Morgan fingerprint density at radius 3 is 2.77 bits per heavy atom. The molecule has 5 heteroatoms. The normalized spacial score (nSPS) is 15.5. The van der Waals surface area contributed by atoms with Crippen LogP contribution in [0.5, 0.6) is 5.75 Å². The number of hydrogen-bond acceptors (Lipinski definition) is 3. The average molecular weight is 404 g/mol. The largest absolute Gasteiger partial charge is 0.497 e. The number of rotatable bonds is 6. The zero-order chi connectivity index (χ0) is 21.1. The van der Waals surface area contributed by atoms with Crippen molar-refractivity contribution in [2.24, 2.45) is 0 Å². The first-order chi connectivity index (χ1) is 14.6. The number of aryl methyl sites for hydroxylation is 2. The zero-order valence-electron chi connectivity index (χ0n) is 17.9. The number of benzene rings is 2. The fourth-order valence-electron chi connectivity index (χ4n) is 4.20. The number of nitrogens with zero attached hydrogens (tertiary/aromatic N) is 2. The van der Waals surface area contributed by atoms with Crippen LogP contribution in [0, 0.1) is 13.8 Å². The van der Waals surface area contributed by atoms with Gasteiger partial charge in [-0.05, 0) is 74.4 Å². The van der Waals surface area contributed by atoms with Crippen molar-refractivity contribution >= 4 is 5.91 Å². The van der Waals surface area contributed by atoms with E-state index in [2.05, 4.69) is 42.0 Å². The highest BCUT2D eigenvalue weighted by atomic mass is 16.5. The molecule has 4 rings (SSSR count). The SMILES string of the molecule is COc1ccc(CCC(=O)N[C@@H]2CCCc3c2cnn3-c2cccc(C)c2C)cc1. The van der Waals surface area contributed by atoms with E-state index in [0.717, 1.165) is 48.2 Å². The summed E-state index contributed by atoms with van der Waals surface area (Å²) in [5.41, 5.74) is 7.14. The molecule has 0 spiro atoms. The van der Waals surface area contributed by atoms with Crippen LogP contribution in [-0.2, 0) is 17.6 Å². The van der Waals surface area contributed by atoms with E-state index in [-0.39, 0.29) is 11.9 Å². The summed E-state index contributed by atoms with van der Waals surface area (Å²) in [6.45, 7) is 4.26. The van der Waals surface area contributed by atoms with E-state index >= 15 is 0 Å². The molecule has 1 aromatic heterocycles. The van der Waals surface area contributed by atoms with Gasteiger partial charge in [0, 0.05) is 17.7 Å². The third kappa shape index (κ3) is 4.11. The van der Waals surface area contributed by atoms with Crippen LogP contribution in [0.1, 0.15) is 53.3 Å². The molecular weight excluding hydrogens is 374 g/mol. The molecule has 0 bridgehead atoms. The Kier molecular flexibility index (Phi) is 5.88. The second-order valence-corrected chi connectivity index (χ2v) is 8.04. The molecule has 0 fully saturated rings.